The van der Waals surface area contributed by atoms with Crippen molar-refractivity contribution < 1.29 is 27.5 Å². The second-order valence-electron chi connectivity index (χ2n) is 8.21. The van der Waals surface area contributed by atoms with Gasteiger partial charge in [0.15, 0.2) is 0 Å². The summed E-state index contributed by atoms with van der Waals surface area (Å²) < 4.78 is 38.3. The Hall–Kier alpha value is -2.95. The Morgan fingerprint density at radius 1 is 1.15 bits per heavy atom. The summed E-state index contributed by atoms with van der Waals surface area (Å²) in [5, 5.41) is 2.81. The van der Waals surface area contributed by atoms with Gasteiger partial charge in [-0.05, 0) is 68.1 Å². The number of anilines is 1. The van der Waals surface area contributed by atoms with Crippen molar-refractivity contribution >= 4 is 27.5 Å². The Morgan fingerprint density at radius 3 is 2.53 bits per heavy atom. The van der Waals surface area contributed by atoms with E-state index in [1.165, 1.54) is 36.3 Å². The fourth-order valence-electron chi connectivity index (χ4n) is 3.64. The lowest BCUT2D eigenvalue weighted by Gasteiger charge is -2.25. The predicted molar refractivity (Wildman–Crippen MR) is 128 cm³/mol. The van der Waals surface area contributed by atoms with Crippen molar-refractivity contribution in [3.8, 4) is 5.75 Å². The molecule has 0 radical (unpaired) electrons. The number of aryl methyl sites for hydroxylation is 2. The van der Waals surface area contributed by atoms with E-state index >= 15 is 0 Å². The van der Waals surface area contributed by atoms with Crippen LogP contribution >= 0.6 is 0 Å². The summed E-state index contributed by atoms with van der Waals surface area (Å²) in [6.45, 7) is 4.04. The van der Waals surface area contributed by atoms with E-state index in [0.29, 0.717) is 24.6 Å². The van der Waals surface area contributed by atoms with E-state index in [2.05, 4.69) is 10.0 Å². The minimum Gasteiger partial charge on any atom is -0.497 e. The number of nitrogens with zero attached hydrogens (tertiary/aromatic N) is 1. The van der Waals surface area contributed by atoms with Gasteiger partial charge < -0.3 is 19.7 Å². The van der Waals surface area contributed by atoms with Crippen LogP contribution in [-0.4, -0.2) is 59.7 Å². The molecule has 9 nitrogen and oxygen atoms in total. The summed E-state index contributed by atoms with van der Waals surface area (Å²) >= 11 is 0. The molecule has 0 aliphatic carbocycles. The quantitative estimate of drug-likeness (QED) is 0.527. The molecule has 1 fully saturated rings. The van der Waals surface area contributed by atoms with Crippen molar-refractivity contribution in [2.75, 3.05) is 38.3 Å². The van der Waals surface area contributed by atoms with Crippen LogP contribution in [0.3, 0.4) is 0 Å². The zero-order chi connectivity index (χ0) is 24.7. The van der Waals surface area contributed by atoms with Gasteiger partial charge in [0.05, 0.1) is 24.7 Å². The van der Waals surface area contributed by atoms with E-state index in [-0.39, 0.29) is 23.5 Å². The molecule has 2 N–H and O–H groups in total. The number of carbonyl (C=O) groups is 2. The first-order chi connectivity index (χ1) is 16.2. The Kier molecular flexibility index (Phi) is 8.65. The average Bonchev–Trinajstić information content (AvgIpc) is 3.35. The Labute approximate surface area is 200 Å². The fraction of sp³-hybridized carbons (Fsp3) is 0.417. The monoisotopic (exact) mass is 489 g/mol. The number of methoxy groups -OCH3 is 1. The van der Waals surface area contributed by atoms with Crippen molar-refractivity contribution in [1.82, 2.24) is 10.0 Å². The van der Waals surface area contributed by atoms with Gasteiger partial charge in [-0.3, -0.25) is 9.59 Å². The zero-order valence-corrected chi connectivity index (χ0v) is 20.5. The first-order valence-corrected chi connectivity index (χ1v) is 12.6. The van der Waals surface area contributed by atoms with Crippen LogP contribution in [0.2, 0.25) is 0 Å². The normalized spacial score (nSPS) is 15.7. The predicted octanol–water partition coefficient (Wildman–Crippen LogP) is 1.92. The molecule has 1 aliphatic heterocycles. The van der Waals surface area contributed by atoms with Crippen molar-refractivity contribution in [2.45, 2.75) is 37.7 Å². The van der Waals surface area contributed by atoms with Gasteiger partial charge in [0.25, 0.3) is 0 Å². The van der Waals surface area contributed by atoms with Gasteiger partial charge in [-0.25, -0.2) is 13.1 Å². The first kappa shape index (κ1) is 25.7. The topological polar surface area (TPSA) is 114 Å². The lowest BCUT2D eigenvalue weighted by atomic mass is 10.1. The third-order valence-electron chi connectivity index (χ3n) is 5.59. The molecule has 0 unspecified atom stereocenters. The number of amides is 2. The maximum Gasteiger partial charge on any atom is 0.242 e. The van der Waals surface area contributed by atoms with Gasteiger partial charge in [-0.2, -0.15) is 0 Å². The molecule has 0 aromatic heterocycles. The Balaban J connectivity index is 1.72. The molecule has 1 atom stereocenters. The van der Waals surface area contributed by atoms with Crippen LogP contribution in [0.1, 0.15) is 24.0 Å². The minimum absolute atomic E-state index is 0.00805. The molecular weight excluding hydrogens is 458 g/mol. The lowest BCUT2D eigenvalue weighted by molar-refractivity contribution is -0.123. The SMILES string of the molecule is COc1ccc(S(=O)(=O)NCC(=O)N(CC(=O)NC[C@@H]2CCCO2)c2cc(C)ccc2C)cc1. The molecule has 1 saturated heterocycles. The first-order valence-electron chi connectivity index (χ1n) is 11.1. The number of rotatable bonds is 10. The van der Waals surface area contributed by atoms with E-state index < -0.39 is 22.5 Å². The van der Waals surface area contributed by atoms with Crippen molar-refractivity contribution in [2.24, 2.45) is 0 Å². The second-order valence-corrected chi connectivity index (χ2v) is 9.98. The smallest absolute Gasteiger partial charge is 0.242 e. The second kappa shape index (κ2) is 11.5. The third-order valence-corrected chi connectivity index (χ3v) is 7.01. The third kappa shape index (κ3) is 6.78. The van der Waals surface area contributed by atoms with Gasteiger partial charge in [-0.1, -0.05) is 12.1 Å². The highest BCUT2D eigenvalue weighted by Gasteiger charge is 2.24. The van der Waals surface area contributed by atoms with Crippen LogP contribution in [0.15, 0.2) is 47.4 Å². The average molecular weight is 490 g/mol. The Bertz CT molecular complexity index is 1110. The largest absolute Gasteiger partial charge is 0.497 e. The molecule has 3 rings (SSSR count). The van der Waals surface area contributed by atoms with Crippen LogP contribution in [0, 0.1) is 13.8 Å². The van der Waals surface area contributed by atoms with Crippen LogP contribution in [0.5, 0.6) is 5.75 Å². The van der Waals surface area contributed by atoms with Crippen LogP contribution in [0.4, 0.5) is 5.69 Å². The standard InChI is InChI=1S/C24H31N3O6S/c1-17-6-7-18(2)22(13-17)27(16-23(28)25-14-20-5-4-12-33-20)24(29)15-26-34(30,31)21-10-8-19(32-3)9-11-21/h6-11,13,20,26H,4-5,12,14-16H2,1-3H3,(H,25,28)/t20-/m0/s1. The summed E-state index contributed by atoms with van der Waals surface area (Å²) in [5.41, 5.74) is 2.27. The van der Waals surface area contributed by atoms with Crippen LogP contribution in [-0.2, 0) is 24.3 Å². The molecule has 34 heavy (non-hydrogen) atoms. The molecule has 184 valence electrons. The highest BCUT2D eigenvalue weighted by atomic mass is 32.2. The number of ether oxygens (including phenoxy) is 2. The molecular formula is C24H31N3O6S. The molecule has 1 heterocycles. The molecule has 0 spiro atoms. The number of nitrogens with one attached hydrogen (secondary N) is 2. The van der Waals surface area contributed by atoms with Crippen molar-refractivity contribution in [1.29, 1.82) is 0 Å². The summed E-state index contributed by atoms with van der Waals surface area (Å²) in [7, 11) is -2.45. The summed E-state index contributed by atoms with van der Waals surface area (Å²) in [4.78, 5) is 27.1. The number of benzene rings is 2. The van der Waals surface area contributed by atoms with Gasteiger partial charge >= 0.3 is 0 Å². The molecule has 1 aliphatic rings. The van der Waals surface area contributed by atoms with E-state index in [1.807, 2.05) is 26.0 Å². The molecule has 2 aromatic carbocycles. The van der Waals surface area contributed by atoms with Gasteiger partial charge in [0, 0.05) is 18.8 Å². The molecule has 0 bridgehead atoms. The maximum atomic E-state index is 13.2. The van der Waals surface area contributed by atoms with Gasteiger partial charge in [0.2, 0.25) is 21.8 Å². The lowest BCUT2D eigenvalue weighted by Crippen LogP contribution is -2.46. The Morgan fingerprint density at radius 2 is 1.88 bits per heavy atom. The summed E-state index contributed by atoms with van der Waals surface area (Å²) in [5.74, 6) is -0.369. The number of hydrogen-bond donors (Lipinski definition) is 2. The van der Waals surface area contributed by atoms with Crippen LogP contribution < -0.4 is 19.7 Å². The van der Waals surface area contributed by atoms with Crippen molar-refractivity contribution in [3.63, 3.8) is 0 Å². The van der Waals surface area contributed by atoms with Gasteiger partial charge in [0.1, 0.15) is 12.3 Å². The molecule has 0 saturated carbocycles. The van der Waals surface area contributed by atoms with Crippen molar-refractivity contribution in [3.05, 3.63) is 53.6 Å². The minimum atomic E-state index is -3.93. The molecule has 10 heteroatoms. The number of carbonyl (C=O) groups excluding carboxylic acids is 2. The van der Waals surface area contributed by atoms with Crippen LogP contribution in [0.25, 0.3) is 0 Å². The van der Waals surface area contributed by atoms with E-state index in [4.69, 9.17) is 9.47 Å². The maximum absolute atomic E-state index is 13.2. The molecule has 2 amide bonds. The highest BCUT2D eigenvalue weighted by molar-refractivity contribution is 7.89. The fourth-order valence-corrected chi connectivity index (χ4v) is 4.62. The highest BCUT2D eigenvalue weighted by Crippen LogP contribution is 2.22. The number of hydrogen-bond acceptors (Lipinski definition) is 6. The number of sulfonamides is 1. The molecule has 2 aromatic rings. The zero-order valence-electron chi connectivity index (χ0n) is 19.7. The van der Waals surface area contributed by atoms with E-state index in [9.17, 15) is 18.0 Å². The van der Waals surface area contributed by atoms with Gasteiger partial charge in [-0.15, -0.1) is 0 Å². The summed E-state index contributed by atoms with van der Waals surface area (Å²) in [6.07, 6.45) is 1.82. The van der Waals surface area contributed by atoms with E-state index in [0.717, 1.165) is 24.0 Å². The van der Waals surface area contributed by atoms with E-state index in [1.54, 1.807) is 6.07 Å². The summed E-state index contributed by atoms with van der Waals surface area (Å²) in [6, 6.07) is 11.4.